The number of thiazole rings is 1. The number of carbonyl (C=O) groups is 1. The largest absolute Gasteiger partial charge is 0.378 e. The van der Waals surface area contributed by atoms with Crippen molar-refractivity contribution in [1.29, 1.82) is 0 Å². The number of anilines is 1. The minimum atomic E-state index is -0.0479. The topological polar surface area (TPSA) is 42.4 Å². The Hall–Kier alpha value is -1.72. The predicted octanol–water partition coefficient (Wildman–Crippen LogP) is 3.74. The molecule has 0 N–H and O–H groups in total. The number of amides is 1. The summed E-state index contributed by atoms with van der Waals surface area (Å²) in [6.45, 7) is 3.27. The van der Waals surface area contributed by atoms with Gasteiger partial charge in [-0.1, -0.05) is 31.5 Å². The number of aromatic nitrogens is 1. The van der Waals surface area contributed by atoms with Gasteiger partial charge in [0.2, 0.25) is 0 Å². The number of benzene rings is 1. The van der Waals surface area contributed by atoms with Gasteiger partial charge in [0.05, 0.1) is 6.61 Å². The Morgan fingerprint density at radius 1 is 1.33 bits per heavy atom. The third-order valence-corrected chi connectivity index (χ3v) is 3.91. The minimum Gasteiger partial charge on any atom is -0.378 e. The molecule has 0 bridgehead atoms. The van der Waals surface area contributed by atoms with Crippen LogP contribution in [0.15, 0.2) is 35.7 Å². The molecule has 0 spiro atoms. The van der Waals surface area contributed by atoms with Crippen LogP contribution in [0, 0.1) is 0 Å². The van der Waals surface area contributed by atoms with Gasteiger partial charge >= 0.3 is 0 Å². The van der Waals surface area contributed by atoms with E-state index in [4.69, 9.17) is 4.74 Å². The fraction of sp³-hybridized carbons (Fsp3) is 0.375. The quantitative estimate of drug-likeness (QED) is 0.782. The number of nitrogens with zero attached hydrogens (tertiary/aromatic N) is 2. The smallest absolute Gasteiger partial charge is 0.277 e. The molecule has 21 heavy (non-hydrogen) atoms. The van der Waals surface area contributed by atoms with Gasteiger partial charge in [-0.15, -0.1) is 11.3 Å². The second kappa shape index (κ2) is 7.90. The van der Waals surface area contributed by atoms with E-state index in [2.05, 4.69) is 11.9 Å². The van der Waals surface area contributed by atoms with Gasteiger partial charge in [-0.3, -0.25) is 4.79 Å². The molecule has 112 valence electrons. The second-order valence-electron chi connectivity index (χ2n) is 4.71. The molecule has 0 aliphatic carbocycles. The highest BCUT2D eigenvalue weighted by Gasteiger charge is 2.19. The highest BCUT2D eigenvalue weighted by atomic mass is 32.1. The van der Waals surface area contributed by atoms with Crippen LogP contribution in [0.2, 0.25) is 0 Å². The van der Waals surface area contributed by atoms with Gasteiger partial charge in [0, 0.05) is 24.7 Å². The van der Waals surface area contributed by atoms with E-state index >= 15 is 0 Å². The minimum absolute atomic E-state index is 0.0479. The summed E-state index contributed by atoms with van der Waals surface area (Å²) < 4.78 is 5.05. The van der Waals surface area contributed by atoms with Crippen molar-refractivity contribution in [1.82, 2.24) is 4.98 Å². The third-order valence-electron chi connectivity index (χ3n) is 3.09. The lowest BCUT2D eigenvalue weighted by molar-refractivity contribution is 0.0982. The van der Waals surface area contributed by atoms with Crippen LogP contribution in [0.3, 0.4) is 0 Å². The van der Waals surface area contributed by atoms with Crippen LogP contribution in [0.1, 0.15) is 35.3 Å². The molecule has 0 aliphatic heterocycles. The zero-order chi connectivity index (χ0) is 15.1. The molecule has 0 unspecified atom stereocenters. The SMILES string of the molecule is CCCCN(C(=O)c1csc(COC)n1)c1ccccc1. The standard InChI is InChI=1S/C16H20N2O2S/c1-3-4-10-18(13-8-6-5-7-9-13)16(19)14-12-21-15(17-14)11-20-2/h5-9,12H,3-4,10-11H2,1-2H3. The van der Waals surface area contributed by atoms with Gasteiger partial charge in [-0.2, -0.15) is 0 Å². The summed E-state index contributed by atoms with van der Waals surface area (Å²) in [6, 6.07) is 9.75. The van der Waals surface area contributed by atoms with Crippen molar-refractivity contribution >= 4 is 22.9 Å². The first kappa shape index (κ1) is 15.7. The maximum absolute atomic E-state index is 12.7. The van der Waals surface area contributed by atoms with Crippen molar-refractivity contribution in [2.75, 3.05) is 18.6 Å². The van der Waals surface area contributed by atoms with E-state index in [0.717, 1.165) is 23.5 Å². The molecule has 1 aromatic carbocycles. The molecule has 4 nitrogen and oxygen atoms in total. The number of methoxy groups -OCH3 is 1. The zero-order valence-electron chi connectivity index (χ0n) is 12.4. The Bertz CT molecular complexity index is 569. The van der Waals surface area contributed by atoms with Gasteiger partial charge < -0.3 is 9.64 Å². The van der Waals surface area contributed by atoms with Crippen LogP contribution in [0.25, 0.3) is 0 Å². The van der Waals surface area contributed by atoms with Gasteiger partial charge in [0.1, 0.15) is 10.7 Å². The maximum atomic E-state index is 12.7. The van der Waals surface area contributed by atoms with E-state index in [9.17, 15) is 4.79 Å². The first-order valence-corrected chi connectivity index (χ1v) is 7.94. The molecule has 1 amide bonds. The van der Waals surface area contributed by atoms with Crippen LogP contribution in [-0.4, -0.2) is 24.5 Å². The van der Waals surface area contributed by atoms with E-state index in [0.29, 0.717) is 18.8 Å². The Kier molecular flexibility index (Phi) is 5.90. The molecule has 0 atom stereocenters. The van der Waals surface area contributed by atoms with Gasteiger partial charge in [0.25, 0.3) is 5.91 Å². The number of para-hydroxylation sites is 1. The first-order chi connectivity index (χ1) is 10.3. The van der Waals surface area contributed by atoms with E-state index < -0.39 is 0 Å². The summed E-state index contributed by atoms with van der Waals surface area (Å²) in [6.07, 6.45) is 2.01. The molecule has 1 heterocycles. The molecule has 0 aliphatic rings. The van der Waals surface area contributed by atoms with E-state index in [1.54, 1.807) is 17.4 Å². The van der Waals surface area contributed by atoms with E-state index in [1.807, 2.05) is 30.3 Å². The fourth-order valence-electron chi connectivity index (χ4n) is 2.01. The van der Waals surface area contributed by atoms with Crippen LogP contribution < -0.4 is 4.90 Å². The molecule has 2 rings (SSSR count). The number of carbonyl (C=O) groups excluding carboxylic acids is 1. The van der Waals surface area contributed by atoms with Gasteiger partial charge in [0.15, 0.2) is 0 Å². The monoisotopic (exact) mass is 304 g/mol. The Labute approximate surface area is 129 Å². The number of hydrogen-bond acceptors (Lipinski definition) is 4. The van der Waals surface area contributed by atoms with Crippen molar-refractivity contribution < 1.29 is 9.53 Å². The molecular weight excluding hydrogens is 284 g/mol. The third kappa shape index (κ3) is 4.12. The highest BCUT2D eigenvalue weighted by Crippen LogP contribution is 2.19. The predicted molar refractivity (Wildman–Crippen MR) is 85.9 cm³/mol. The van der Waals surface area contributed by atoms with Crippen molar-refractivity contribution in [3.05, 3.63) is 46.4 Å². The van der Waals surface area contributed by atoms with Crippen molar-refractivity contribution in [3.8, 4) is 0 Å². The molecule has 2 aromatic rings. The lowest BCUT2D eigenvalue weighted by Gasteiger charge is -2.21. The molecule has 0 radical (unpaired) electrons. The molecular formula is C16H20N2O2S. The summed E-state index contributed by atoms with van der Waals surface area (Å²) in [7, 11) is 1.63. The van der Waals surface area contributed by atoms with Crippen LogP contribution in [-0.2, 0) is 11.3 Å². The van der Waals surface area contributed by atoms with Crippen molar-refractivity contribution in [3.63, 3.8) is 0 Å². The average molecular weight is 304 g/mol. The molecule has 0 saturated carbocycles. The summed E-state index contributed by atoms with van der Waals surface area (Å²) in [5, 5.41) is 2.63. The summed E-state index contributed by atoms with van der Waals surface area (Å²) >= 11 is 1.46. The first-order valence-electron chi connectivity index (χ1n) is 7.06. The Balaban J connectivity index is 2.20. The molecule has 1 aromatic heterocycles. The van der Waals surface area contributed by atoms with Gasteiger partial charge in [-0.25, -0.2) is 4.98 Å². The van der Waals surface area contributed by atoms with Crippen LogP contribution >= 0.6 is 11.3 Å². The number of ether oxygens (including phenoxy) is 1. The lowest BCUT2D eigenvalue weighted by Crippen LogP contribution is -2.32. The van der Waals surface area contributed by atoms with Crippen LogP contribution in [0.5, 0.6) is 0 Å². The summed E-state index contributed by atoms with van der Waals surface area (Å²) in [5.41, 5.74) is 1.41. The van der Waals surface area contributed by atoms with Crippen molar-refractivity contribution in [2.45, 2.75) is 26.4 Å². The summed E-state index contributed by atoms with van der Waals surface area (Å²) in [5.74, 6) is -0.0479. The number of hydrogen-bond donors (Lipinski definition) is 0. The Morgan fingerprint density at radius 2 is 2.10 bits per heavy atom. The normalized spacial score (nSPS) is 10.6. The number of rotatable bonds is 7. The van der Waals surface area contributed by atoms with E-state index in [1.165, 1.54) is 11.3 Å². The average Bonchev–Trinajstić information content (AvgIpc) is 2.97. The Morgan fingerprint density at radius 3 is 2.76 bits per heavy atom. The summed E-state index contributed by atoms with van der Waals surface area (Å²) in [4.78, 5) is 18.9. The van der Waals surface area contributed by atoms with E-state index in [-0.39, 0.29) is 5.91 Å². The molecule has 0 saturated heterocycles. The zero-order valence-corrected chi connectivity index (χ0v) is 13.2. The number of unbranched alkanes of at least 4 members (excludes halogenated alkanes) is 1. The molecule has 0 fully saturated rings. The fourth-order valence-corrected chi connectivity index (χ4v) is 2.75. The molecule has 5 heteroatoms. The van der Waals surface area contributed by atoms with Crippen LogP contribution in [0.4, 0.5) is 5.69 Å². The lowest BCUT2D eigenvalue weighted by atomic mass is 10.2. The van der Waals surface area contributed by atoms with Crippen molar-refractivity contribution in [2.24, 2.45) is 0 Å². The maximum Gasteiger partial charge on any atom is 0.277 e. The van der Waals surface area contributed by atoms with Gasteiger partial charge in [-0.05, 0) is 18.6 Å². The highest BCUT2D eigenvalue weighted by molar-refractivity contribution is 7.09. The second-order valence-corrected chi connectivity index (χ2v) is 5.65.